The van der Waals surface area contributed by atoms with Crippen LogP contribution in [0, 0.1) is 5.92 Å². The molecule has 0 aromatic heterocycles. The number of nitrogens with two attached hydrogens (primary N) is 1. The predicted molar refractivity (Wildman–Crippen MR) is 83.1 cm³/mol. The number of nitrogens with one attached hydrogen (secondary N) is 1. The normalized spacial score (nSPS) is 13.7. The van der Waals surface area contributed by atoms with Crippen LogP contribution in [0.4, 0.5) is 0 Å². The number of aryl methyl sites for hydroxylation is 1. The van der Waals surface area contributed by atoms with Crippen molar-refractivity contribution in [2.75, 3.05) is 6.54 Å². The van der Waals surface area contributed by atoms with Gasteiger partial charge in [0.2, 0.25) is 10.0 Å². The Morgan fingerprint density at radius 3 is 2.25 bits per heavy atom. The van der Waals surface area contributed by atoms with Crippen LogP contribution in [0.2, 0.25) is 0 Å². The van der Waals surface area contributed by atoms with Gasteiger partial charge in [0.25, 0.3) is 0 Å². The maximum Gasteiger partial charge on any atom is 0.240 e. The summed E-state index contributed by atoms with van der Waals surface area (Å²) < 4.78 is 27.4. The molecule has 1 aromatic rings. The quantitative estimate of drug-likeness (QED) is 0.773. The van der Waals surface area contributed by atoms with E-state index in [1.807, 2.05) is 26.0 Å². The van der Waals surface area contributed by atoms with E-state index in [-0.39, 0.29) is 12.0 Å². The molecule has 0 heterocycles. The molecule has 0 fully saturated rings. The van der Waals surface area contributed by atoms with Gasteiger partial charge in [-0.15, -0.1) is 0 Å². The molecule has 3 N–H and O–H groups in total. The molecular weight excluding hydrogens is 272 g/mol. The summed E-state index contributed by atoms with van der Waals surface area (Å²) in [5, 5.41) is 0. The summed E-state index contributed by atoms with van der Waals surface area (Å²) in [7, 11) is -3.46. The third-order valence-corrected chi connectivity index (χ3v) is 4.87. The van der Waals surface area contributed by atoms with Gasteiger partial charge >= 0.3 is 0 Å². The summed E-state index contributed by atoms with van der Waals surface area (Å²) >= 11 is 0. The molecule has 0 aliphatic carbocycles. The van der Waals surface area contributed by atoms with Crippen LogP contribution in [0.15, 0.2) is 29.2 Å². The number of rotatable bonds is 8. The SMILES string of the molecule is CCCc1ccc(S(=O)(=O)NC(CCN)C(C)C)cc1. The van der Waals surface area contributed by atoms with Gasteiger partial charge in [-0.05, 0) is 43.0 Å². The summed E-state index contributed by atoms with van der Waals surface area (Å²) in [4.78, 5) is 0.319. The molecule has 0 bridgehead atoms. The summed E-state index contributed by atoms with van der Waals surface area (Å²) in [5.74, 6) is 0.215. The fourth-order valence-electron chi connectivity index (χ4n) is 2.10. The molecule has 20 heavy (non-hydrogen) atoms. The van der Waals surface area contributed by atoms with Crippen molar-refractivity contribution in [1.29, 1.82) is 0 Å². The summed E-state index contributed by atoms with van der Waals surface area (Å²) in [6, 6.07) is 6.98. The Morgan fingerprint density at radius 1 is 1.20 bits per heavy atom. The average molecular weight is 298 g/mol. The van der Waals surface area contributed by atoms with Gasteiger partial charge in [-0.2, -0.15) is 0 Å². The number of hydrogen-bond acceptors (Lipinski definition) is 3. The Kier molecular flexibility index (Phi) is 6.65. The van der Waals surface area contributed by atoms with E-state index in [0.29, 0.717) is 17.9 Å². The standard InChI is InChI=1S/C15H26N2O2S/c1-4-5-13-6-8-14(9-7-13)20(18,19)17-15(10-11-16)12(2)3/h6-9,12,15,17H,4-5,10-11,16H2,1-3H3. The molecule has 0 saturated carbocycles. The minimum atomic E-state index is -3.46. The van der Waals surface area contributed by atoms with Crippen molar-refractivity contribution in [3.8, 4) is 0 Å². The largest absolute Gasteiger partial charge is 0.330 e. The summed E-state index contributed by atoms with van der Waals surface area (Å²) in [6.07, 6.45) is 2.66. The van der Waals surface area contributed by atoms with Crippen LogP contribution in [0.1, 0.15) is 39.2 Å². The van der Waals surface area contributed by atoms with E-state index >= 15 is 0 Å². The smallest absolute Gasteiger partial charge is 0.240 e. The second kappa shape index (κ2) is 7.76. The molecular formula is C15H26N2O2S. The van der Waals surface area contributed by atoms with Crippen molar-refractivity contribution in [1.82, 2.24) is 4.72 Å². The van der Waals surface area contributed by atoms with E-state index in [1.165, 1.54) is 0 Å². The highest BCUT2D eigenvalue weighted by Gasteiger charge is 2.21. The van der Waals surface area contributed by atoms with Crippen LogP contribution in [0.5, 0.6) is 0 Å². The molecule has 1 aromatic carbocycles. The third kappa shape index (κ3) is 4.89. The van der Waals surface area contributed by atoms with Crippen molar-refractivity contribution in [2.24, 2.45) is 11.7 Å². The van der Waals surface area contributed by atoms with Gasteiger partial charge in [0, 0.05) is 6.04 Å². The van der Waals surface area contributed by atoms with Crippen LogP contribution in [0.25, 0.3) is 0 Å². The predicted octanol–water partition coefficient (Wildman–Crippen LogP) is 2.29. The van der Waals surface area contributed by atoms with E-state index in [1.54, 1.807) is 12.1 Å². The number of benzene rings is 1. The average Bonchev–Trinajstić information content (AvgIpc) is 2.39. The van der Waals surface area contributed by atoms with Crippen molar-refractivity contribution in [3.63, 3.8) is 0 Å². The third-order valence-electron chi connectivity index (χ3n) is 3.36. The van der Waals surface area contributed by atoms with E-state index in [0.717, 1.165) is 18.4 Å². The maximum atomic E-state index is 12.3. The molecule has 0 aliphatic heterocycles. The molecule has 1 atom stereocenters. The molecule has 0 saturated heterocycles. The van der Waals surface area contributed by atoms with Crippen molar-refractivity contribution in [2.45, 2.75) is 51.0 Å². The van der Waals surface area contributed by atoms with E-state index in [4.69, 9.17) is 5.73 Å². The first-order valence-corrected chi connectivity index (χ1v) is 8.70. The second-order valence-electron chi connectivity index (χ2n) is 5.44. The first-order chi connectivity index (χ1) is 9.40. The van der Waals surface area contributed by atoms with Crippen molar-refractivity contribution in [3.05, 3.63) is 29.8 Å². The Bertz CT molecular complexity index is 495. The molecule has 114 valence electrons. The molecule has 0 amide bonds. The highest BCUT2D eigenvalue weighted by atomic mass is 32.2. The molecule has 0 aliphatic rings. The van der Waals surface area contributed by atoms with Crippen LogP contribution < -0.4 is 10.5 Å². The maximum absolute atomic E-state index is 12.3. The fraction of sp³-hybridized carbons (Fsp3) is 0.600. The number of hydrogen-bond donors (Lipinski definition) is 2. The zero-order valence-corrected chi connectivity index (χ0v) is 13.4. The monoisotopic (exact) mass is 298 g/mol. The van der Waals surface area contributed by atoms with E-state index in [9.17, 15) is 8.42 Å². The summed E-state index contributed by atoms with van der Waals surface area (Å²) in [6.45, 7) is 6.56. The Hall–Kier alpha value is -0.910. The zero-order valence-electron chi connectivity index (χ0n) is 12.6. The lowest BCUT2D eigenvalue weighted by Crippen LogP contribution is -2.39. The van der Waals surface area contributed by atoms with Crippen LogP contribution in [-0.4, -0.2) is 21.0 Å². The second-order valence-corrected chi connectivity index (χ2v) is 7.16. The first-order valence-electron chi connectivity index (χ1n) is 7.22. The van der Waals surface area contributed by atoms with Crippen LogP contribution in [0.3, 0.4) is 0 Å². The van der Waals surface area contributed by atoms with Gasteiger partial charge in [0.15, 0.2) is 0 Å². The van der Waals surface area contributed by atoms with Gasteiger partial charge in [-0.3, -0.25) is 0 Å². The lowest BCUT2D eigenvalue weighted by molar-refractivity contribution is 0.428. The van der Waals surface area contributed by atoms with Gasteiger partial charge in [0.05, 0.1) is 4.90 Å². The molecule has 1 unspecified atom stereocenters. The minimum Gasteiger partial charge on any atom is -0.330 e. The fourth-order valence-corrected chi connectivity index (χ4v) is 3.52. The molecule has 0 spiro atoms. The lowest BCUT2D eigenvalue weighted by Gasteiger charge is -2.21. The zero-order chi connectivity index (χ0) is 15.2. The van der Waals surface area contributed by atoms with E-state index < -0.39 is 10.0 Å². The van der Waals surface area contributed by atoms with Gasteiger partial charge in [0.1, 0.15) is 0 Å². The lowest BCUT2D eigenvalue weighted by atomic mass is 10.0. The Morgan fingerprint density at radius 2 is 1.80 bits per heavy atom. The molecule has 1 rings (SSSR count). The van der Waals surface area contributed by atoms with Gasteiger partial charge < -0.3 is 5.73 Å². The first kappa shape index (κ1) is 17.1. The van der Waals surface area contributed by atoms with Crippen LogP contribution in [-0.2, 0) is 16.4 Å². The molecule has 5 heteroatoms. The van der Waals surface area contributed by atoms with E-state index in [2.05, 4.69) is 11.6 Å². The van der Waals surface area contributed by atoms with Crippen LogP contribution >= 0.6 is 0 Å². The van der Waals surface area contributed by atoms with Crippen molar-refractivity contribution >= 4 is 10.0 Å². The highest BCUT2D eigenvalue weighted by Crippen LogP contribution is 2.15. The summed E-state index contributed by atoms with van der Waals surface area (Å²) in [5.41, 5.74) is 6.70. The van der Waals surface area contributed by atoms with Gasteiger partial charge in [-0.25, -0.2) is 13.1 Å². The van der Waals surface area contributed by atoms with Gasteiger partial charge in [-0.1, -0.05) is 39.3 Å². The molecule has 0 radical (unpaired) electrons. The number of sulfonamides is 1. The molecule has 4 nitrogen and oxygen atoms in total. The van der Waals surface area contributed by atoms with Crippen molar-refractivity contribution < 1.29 is 8.42 Å². The topological polar surface area (TPSA) is 72.2 Å². The minimum absolute atomic E-state index is 0.125. The Labute approximate surface area is 122 Å². The Balaban J connectivity index is 2.86. The highest BCUT2D eigenvalue weighted by molar-refractivity contribution is 7.89.